The van der Waals surface area contributed by atoms with Crippen molar-refractivity contribution in [3.63, 3.8) is 0 Å². The molecule has 2 N–H and O–H groups in total. The molecule has 0 radical (unpaired) electrons. The van der Waals surface area contributed by atoms with E-state index < -0.39 is 0 Å². The number of anilines is 1. The van der Waals surface area contributed by atoms with Gasteiger partial charge >= 0.3 is 0 Å². The van der Waals surface area contributed by atoms with E-state index in [0.717, 1.165) is 16.8 Å². The van der Waals surface area contributed by atoms with Gasteiger partial charge in [-0.05, 0) is 32.4 Å². The molecule has 3 rings (SSSR count). The highest BCUT2D eigenvalue weighted by Gasteiger charge is 2.22. The van der Waals surface area contributed by atoms with Crippen molar-refractivity contribution in [3.05, 3.63) is 39.8 Å². The molecule has 6 nitrogen and oxygen atoms in total. The van der Waals surface area contributed by atoms with Gasteiger partial charge in [0.05, 0.1) is 18.2 Å². The Morgan fingerprint density at radius 3 is 2.62 bits per heavy atom. The number of rotatable bonds is 2. The number of aromatic nitrogens is 3. The van der Waals surface area contributed by atoms with E-state index in [1.54, 1.807) is 30.9 Å². The van der Waals surface area contributed by atoms with Gasteiger partial charge < -0.3 is 10.5 Å². The maximum Gasteiger partial charge on any atom is 0.151 e. The Morgan fingerprint density at radius 1 is 1.29 bits per heavy atom. The number of aryl methyl sites for hydroxylation is 1. The molecule has 3 aromatic rings. The van der Waals surface area contributed by atoms with E-state index in [1.807, 2.05) is 13.8 Å². The molecule has 0 unspecified atom stereocenters. The number of benzene rings is 1. The predicted molar refractivity (Wildman–Crippen MR) is 93.8 cm³/mol. The fourth-order valence-electron chi connectivity index (χ4n) is 2.90. The van der Waals surface area contributed by atoms with Crippen molar-refractivity contribution in [3.8, 4) is 17.5 Å². The summed E-state index contributed by atoms with van der Waals surface area (Å²) in [5, 5.41) is 10.7. The molecule has 0 aliphatic heterocycles. The first-order valence-corrected chi connectivity index (χ1v) is 7.66. The second kappa shape index (κ2) is 5.69. The third kappa shape index (κ3) is 2.17. The van der Waals surface area contributed by atoms with Gasteiger partial charge in [-0.25, -0.2) is 9.97 Å². The maximum atomic E-state index is 9.49. The molecule has 0 bridgehead atoms. The fraction of sp³-hybridized carbons (Fsp3) is 0.235. The second-order valence-corrected chi connectivity index (χ2v) is 5.93. The molecule has 2 heterocycles. The summed E-state index contributed by atoms with van der Waals surface area (Å²) in [4.78, 5) is 8.66. The predicted octanol–water partition coefficient (Wildman–Crippen LogP) is 3.46. The van der Waals surface area contributed by atoms with E-state index in [9.17, 15) is 5.26 Å². The lowest BCUT2D eigenvalue weighted by molar-refractivity contribution is 0.411. The summed E-state index contributed by atoms with van der Waals surface area (Å²) in [5.74, 6) is 1.55. The Morgan fingerprint density at radius 2 is 2.00 bits per heavy atom. The number of fused-ring (bicyclic) bond motifs is 1. The Hall–Kier alpha value is -2.78. The molecule has 24 heavy (non-hydrogen) atoms. The van der Waals surface area contributed by atoms with E-state index in [1.165, 1.54) is 0 Å². The molecule has 0 amide bonds. The lowest BCUT2D eigenvalue weighted by Gasteiger charge is -2.18. The summed E-state index contributed by atoms with van der Waals surface area (Å²) in [6.07, 6.45) is 1.62. The number of nitrogens with two attached hydrogens (primary N) is 1. The average Bonchev–Trinajstić information content (AvgIpc) is 2.82. The minimum absolute atomic E-state index is 0.308. The van der Waals surface area contributed by atoms with Crippen LogP contribution >= 0.6 is 11.6 Å². The molecule has 0 atom stereocenters. The summed E-state index contributed by atoms with van der Waals surface area (Å²) in [5.41, 5.74) is 9.67. The number of methoxy groups -OCH3 is 1. The van der Waals surface area contributed by atoms with Gasteiger partial charge in [0.25, 0.3) is 0 Å². The highest BCUT2D eigenvalue weighted by atomic mass is 35.5. The van der Waals surface area contributed by atoms with Crippen LogP contribution in [-0.2, 0) is 0 Å². The first-order chi connectivity index (χ1) is 11.4. The Bertz CT molecular complexity index is 1020. The number of nitriles is 1. The largest absolute Gasteiger partial charge is 0.496 e. The van der Waals surface area contributed by atoms with E-state index in [-0.39, 0.29) is 0 Å². The molecule has 0 saturated carbocycles. The molecule has 122 valence electrons. The molecule has 0 aliphatic rings. The molecule has 1 aromatic carbocycles. The van der Waals surface area contributed by atoms with Crippen molar-refractivity contribution in [2.45, 2.75) is 20.8 Å². The zero-order valence-electron chi connectivity index (χ0n) is 13.8. The second-order valence-electron chi connectivity index (χ2n) is 5.52. The summed E-state index contributed by atoms with van der Waals surface area (Å²) >= 11 is 6.36. The van der Waals surface area contributed by atoms with Gasteiger partial charge in [0, 0.05) is 16.8 Å². The van der Waals surface area contributed by atoms with Crippen molar-refractivity contribution in [1.82, 2.24) is 14.5 Å². The van der Waals surface area contributed by atoms with Crippen LogP contribution in [0.25, 0.3) is 16.7 Å². The zero-order chi connectivity index (χ0) is 17.6. The van der Waals surface area contributed by atoms with Crippen LogP contribution in [0.15, 0.2) is 12.3 Å². The number of hydrogen-bond donors (Lipinski definition) is 1. The molecule has 0 fully saturated rings. The molecular formula is C17H16ClN5O. The van der Waals surface area contributed by atoms with Crippen LogP contribution in [0, 0.1) is 32.1 Å². The monoisotopic (exact) mass is 341 g/mol. The van der Waals surface area contributed by atoms with E-state index in [0.29, 0.717) is 39.0 Å². The topological polar surface area (TPSA) is 89.8 Å². The van der Waals surface area contributed by atoms with E-state index in [2.05, 4.69) is 16.0 Å². The Kier molecular flexibility index (Phi) is 3.82. The van der Waals surface area contributed by atoms with Gasteiger partial charge in [0.2, 0.25) is 0 Å². The summed E-state index contributed by atoms with van der Waals surface area (Å²) in [7, 11) is 1.59. The molecule has 0 saturated heterocycles. The lowest BCUT2D eigenvalue weighted by atomic mass is 10.1. The third-order valence-corrected chi connectivity index (χ3v) is 4.51. The Balaban J connectivity index is 2.53. The molecule has 0 spiro atoms. The van der Waals surface area contributed by atoms with Crippen LogP contribution in [-0.4, -0.2) is 21.6 Å². The summed E-state index contributed by atoms with van der Waals surface area (Å²) in [6, 6.07) is 3.91. The number of hydrogen-bond acceptors (Lipinski definition) is 5. The van der Waals surface area contributed by atoms with Crippen molar-refractivity contribution in [2.75, 3.05) is 12.8 Å². The minimum atomic E-state index is 0.308. The number of nitrogen functional groups attached to an aromatic ring is 1. The van der Waals surface area contributed by atoms with Crippen LogP contribution in [0.2, 0.25) is 5.02 Å². The summed E-state index contributed by atoms with van der Waals surface area (Å²) < 4.78 is 7.17. The average molecular weight is 342 g/mol. The van der Waals surface area contributed by atoms with Gasteiger partial charge in [-0.3, -0.25) is 4.57 Å². The standard InChI is InChI=1S/C17H16ClN5O/c1-8-13(18)5-14(24-4)9(2)15(8)23-16(20)11(6-19)12-7-21-10(3)22-17(12)23/h5,7H,20H2,1-4H3. The van der Waals surface area contributed by atoms with Crippen molar-refractivity contribution in [1.29, 1.82) is 5.26 Å². The number of nitrogens with zero attached hydrogens (tertiary/aromatic N) is 4. The molecular weight excluding hydrogens is 326 g/mol. The third-order valence-electron chi connectivity index (χ3n) is 4.12. The zero-order valence-corrected chi connectivity index (χ0v) is 14.6. The van der Waals surface area contributed by atoms with Crippen LogP contribution in [0.3, 0.4) is 0 Å². The highest BCUT2D eigenvalue weighted by Crippen LogP contribution is 2.38. The van der Waals surface area contributed by atoms with E-state index >= 15 is 0 Å². The maximum absolute atomic E-state index is 9.49. The van der Waals surface area contributed by atoms with Crippen molar-refractivity contribution < 1.29 is 4.74 Å². The van der Waals surface area contributed by atoms with Gasteiger partial charge in [-0.2, -0.15) is 5.26 Å². The van der Waals surface area contributed by atoms with Gasteiger partial charge in [0.1, 0.15) is 29.0 Å². The van der Waals surface area contributed by atoms with E-state index in [4.69, 9.17) is 22.1 Å². The van der Waals surface area contributed by atoms with Crippen LogP contribution in [0.4, 0.5) is 5.82 Å². The quantitative estimate of drug-likeness (QED) is 0.770. The summed E-state index contributed by atoms with van der Waals surface area (Å²) in [6.45, 7) is 5.61. The first kappa shape index (κ1) is 16.1. The fourth-order valence-corrected chi connectivity index (χ4v) is 3.09. The van der Waals surface area contributed by atoms with Gasteiger partial charge in [0.15, 0.2) is 5.65 Å². The first-order valence-electron chi connectivity index (χ1n) is 7.28. The SMILES string of the molecule is COc1cc(Cl)c(C)c(-n2c(N)c(C#N)c3cnc(C)nc32)c1C. The normalized spacial score (nSPS) is 10.8. The van der Waals surface area contributed by atoms with Crippen molar-refractivity contribution in [2.24, 2.45) is 0 Å². The Labute approximate surface area is 144 Å². The highest BCUT2D eigenvalue weighted by molar-refractivity contribution is 6.31. The van der Waals surface area contributed by atoms with Crippen LogP contribution < -0.4 is 10.5 Å². The minimum Gasteiger partial charge on any atom is -0.496 e. The van der Waals surface area contributed by atoms with Gasteiger partial charge in [-0.15, -0.1) is 0 Å². The number of halogens is 1. The number of ether oxygens (including phenoxy) is 1. The van der Waals surface area contributed by atoms with Gasteiger partial charge in [-0.1, -0.05) is 11.6 Å². The van der Waals surface area contributed by atoms with Crippen molar-refractivity contribution >= 4 is 28.5 Å². The molecule has 0 aliphatic carbocycles. The smallest absolute Gasteiger partial charge is 0.151 e. The van der Waals surface area contributed by atoms with Crippen LogP contribution in [0.5, 0.6) is 5.75 Å². The molecule has 7 heteroatoms. The van der Waals surface area contributed by atoms with Crippen LogP contribution in [0.1, 0.15) is 22.5 Å². The molecule has 2 aromatic heterocycles. The lowest BCUT2D eigenvalue weighted by Crippen LogP contribution is -2.07.